The van der Waals surface area contributed by atoms with E-state index in [1.807, 2.05) is 0 Å². The third-order valence-electron chi connectivity index (χ3n) is 7.42. The van der Waals surface area contributed by atoms with Crippen LogP contribution in [0.25, 0.3) is 0 Å². The van der Waals surface area contributed by atoms with E-state index < -0.39 is 103 Å². The predicted molar refractivity (Wildman–Crippen MR) is 199 cm³/mol. The van der Waals surface area contributed by atoms with E-state index >= 15 is 0 Å². The fourth-order valence-corrected chi connectivity index (χ4v) is 7.53. The first-order valence-electron chi connectivity index (χ1n) is 15.2. The van der Waals surface area contributed by atoms with E-state index in [2.05, 4.69) is 56.1 Å². The molecule has 0 fully saturated rings. The number of likely N-dealkylation sites (N-methyl/N-ethyl adjacent to an activating group) is 1. The smallest absolute Gasteiger partial charge is 0.296 e. The summed E-state index contributed by atoms with van der Waals surface area (Å²) in [5.74, 6) is -4.56. The fraction of sp³-hybridized carbons (Fsp3) is 0.148. The minimum Gasteiger partial charge on any atom is -0.365 e. The van der Waals surface area contributed by atoms with Crippen molar-refractivity contribution in [3.05, 3.63) is 57.3 Å². The van der Waals surface area contributed by atoms with E-state index in [0.29, 0.717) is 11.0 Å². The highest BCUT2D eigenvalue weighted by Crippen LogP contribution is 2.36. The number of hydrogen-bond donors (Lipinski definition) is 7. The number of halogens is 3. The van der Waals surface area contributed by atoms with Gasteiger partial charge in [-0.05, 0) is 84.6 Å². The summed E-state index contributed by atoms with van der Waals surface area (Å²) in [7, 11) is -15.6. The van der Waals surface area contributed by atoms with Gasteiger partial charge in [-0.2, -0.15) is 65.4 Å². The van der Waals surface area contributed by atoms with Crippen molar-refractivity contribution in [3.8, 4) is 0 Å². The molecule has 1 aliphatic rings. The molecule has 3 heterocycles. The average molecular weight is 923 g/mol. The first kappa shape index (κ1) is 43.5. The lowest BCUT2D eigenvalue weighted by atomic mass is 9.95. The minimum atomic E-state index is -5.37. The number of carbonyl (C=O) groups excluding carboxylic acids is 3. The zero-order chi connectivity index (χ0) is 43.1. The van der Waals surface area contributed by atoms with Gasteiger partial charge in [0.25, 0.3) is 48.1 Å². The van der Waals surface area contributed by atoms with Gasteiger partial charge in [0.2, 0.25) is 33.7 Å². The summed E-state index contributed by atoms with van der Waals surface area (Å²) in [5.41, 5.74) is 2.58. The molecule has 3 amide bonds. The molecular formula is C27H22Cl3N13O12S3. The molecule has 0 aliphatic carbocycles. The number of azo groups is 1. The highest BCUT2D eigenvalue weighted by atomic mass is 35.5. The summed E-state index contributed by atoms with van der Waals surface area (Å²) >= 11 is 17.7. The monoisotopic (exact) mass is 921 g/mol. The second kappa shape index (κ2) is 16.3. The van der Waals surface area contributed by atoms with Crippen LogP contribution in [0.2, 0.25) is 15.9 Å². The number of nitrogens with two attached hydrogens (primary N) is 1. The molecule has 58 heavy (non-hydrogen) atoms. The Morgan fingerprint density at radius 3 is 1.78 bits per heavy atom. The van der Waals surface area contributed by atoms with E-state index in [9.17, 15) is 53.3 Å². The van der Waals surface area contributed by atoms with Gasteiger partial charge >= 0.3 is 0 Å². The lowest BCUT2D eigenvalue weighted by Crippen LogP contribution is -2.50. The summed E-state index contributed by atoms with van der Waals surface area (Å²) < 4.78 is 104. The van der Waals surface area contributed by atoms with Crippen molar-refractivity contribution in [2.75, 3.05) is 22.5 Å². The quantitative estimate of drug-likeness (QED) is 0.0438. The van der Waals surface area contributed by atoms with E-state index in [0.717, 1.165) is 18.2 Å². The van der Waals surface area contributed by atoms with Crippen LogP contribution in [0.3, 0.4) is 0 Å². The molecule has 2 aromatic carbocycles. The van der Waals surface area contributed by atoms with E-state index in [-0.39, 0.29) is 46.1 Å². The topological polar surface area (TPSA) is 382 Å². The maximum Gasteiger partial charge on any atom is 0.296 e. The van der Waals surface area contributed by atoms with Crippen LogP contribution in [-0.2, 0) is 44.7 Å². The molecule has 1 aliphatic heterocycles. The van der Waals surface area contributed by atoms with Gasteiger partial charge in [0, 0.05) is 12.2 Å². The van der Waals surface area contributed by atoms with Gasteiger partial charge in [-0.1, -0.05) is 0 Å². The Morgan fingerprint density at radius 2 is 1.26 bits per heavy atom. The highest BCUT2D eigenvalue weighted by molar-refractivity contribution is 7.87. The number of nitrogens with one attached hydrogen (secondary N) is 3. The molecular weight excluding hydrogens is 901 g/mol. The zero-order valence-electron chi connectivity index (χ0n) is 28.6. The lowest BCUT2D eigenvalue weighted by molar-refractivity contribution is -0.144. The summed E-state index contributed by atoms with van der Waals surface area (Å²) in [6, 6.07) is 2.39. The average Bonchev–Trinajstić information content (AvgIpc) is 3.06. The number of benzene rings is 2. The van der Waals surface area contributed by atoms with Crippen molar-refractivity contribution in [3.63, 3.8) is 0 Å². The summed E-state index contributed by atoms with van der Waals surface area (Å²) in [4.78, 5) is 58.2. The zero-order valence-corrected chi connectivity index (χ0v) is 33.4. The number of nitrogens with zero attached hydrogens (tertiary/aromatic N) is 9. The standard InChI is InChI=1S/C27H22Cl3N13O12S3/c1-3-43-20(45)17(19(31)44)9(2)18(21(43)46)42-41-13-7-12(15(57(50,51)52)8-16(13)58(53,54)55)34-27-39-24(30)38-25(40-27)32-10-4-5-14(56(47,48)49)11(6-10)33-26-36-22(28)35-23(29)37-26/h4-8,18H,3H2,1-2H3,(H2,31,44)(H,47,48,49)(H,50,51,52)(H,53,54,55)(H,33,35,36,37)(H2,32,34,38,39,40). The number of amides is 3. The van der Waals surface area contributed by atoms with Crippen molar-refractivity contribution in [2.45, 2.75) is 34.6 Å². The molecule has 4 aromatic rings. The van der Waals surface area contributed by atoms with Crippen LogP contribution in [0.4, 0.5) is 40.6 Å². The summed E-state index contributed by atoms with van der Waals surface area (Å²) in [6.45, 7) is 2.34. The van der Waals surface area contributed by atoms with Gasteiger partial charge in [-0.3, -0.25) is 32.9 Å². The Hall–Kier alpha value is -5.59. The maximum absolute atomic E-state index is 13.1. The first-order valence-corrected chi connectivity index (χ1v) is 20.6. The van der Waals surface area contributed by atoms with E-state index in [1.54, 1.807) is 0 Å². The Kier molecular flexibility index (Phi) is 12.3. The number of imide groups is 1. The van der Waals surface area contributed by atoms with E-state index in [1.165, 1.54) is 13.8 Å². The van der Waals surface area contributed by atoms with Crippen LogP contribution >= 0.6 is 34.8 Å². The number of anilines is 6. The van der Waals surface area contributed by atoms with Crippen molar-refractivity contribution in [1.82, 2.24) is 34.8 Å². The SMILES string of the molecule is CCN1C(=O)C(C(N)=O)=C(C)C(N=Nc2cc(Nc3nc(Cl)nc(Nc4ccc(S(=O)(=O)O)c(Nc5nc(Cl)nc(Cl)n5)c4)n3)c(S(=O)(=O)O)cc2S(=O)(=O)O)C1=O. The normalized spacial score (nSPS) is 15.2. The third-order valence-corrected chi connectivity index (χ3v) is 10.6. The molecule has 25 nitrogen and oxygen atoms in total. The number of carbonyl (C=O) groups is 3. The van der Waals surface area contributed by atoms with Crippen molar-refractivity contribution < 1.29 is 53.3 Å². The van der Waals surface area contributed by atoms with E-state index in [4.69, 9.17) is 40.5 Å². The Morgan fingerprint density at radius 1 is 0.759 bits per heavy atom. The molecule has 0 bridgehead atoms. The molecule has 31 heteroatoms. The van der Waals surface area contributed by atoms with Crippen LogP contribution in [0.15, 0.2) is 66.4 Å². The highest BCUT2D eigenvalue weighted by Gasteiger charge is 2.40. The van der Waals surface area contributed by atoms with Crippen LogP contribution in [0, 0.1) is 0 Å². The number of rotatable bonds is 13. The second-order valence-corrected chi connectivity index (χ2v) is 16.4. The molecule has 1 atom stereocenters. The van der Waals surface area contributed by atoms with Crippen LogP contribution in [0.1, 0.15) is 13.8 Å². The molecule has 2 aromatic heterocycles. The molecule has 5 rings (SSSR count). The Labute approximate surface area is 340 Å². The Balaban J connectivity index is 1.57. The molecule has 1 unspecified atom stereocenters. The van der Waals surface area contributed by atoms with Crippen LogP contribution in [-0.4, -0.2) is 104 Å². The van der Waals surface area contributed by atoms with Gasteiger partial charge in [0.05, 0.1) is 11.4 Å². The molecule has 8 N–H and O–H groups in total. The molecule has 0 saturated carbocycles. The molecule has 0 spiro atoms. The third kappa shape index (κ3) is 9.74. The van der Waals surface area contributed by atoms with Gasteiger partial charge in [0.1, 0.15) is 25.9 Å². The first-order chi connectivity index (χ1) is 26.9. The van der Waals surface area contributed by atoms with Crippen LogP contribution in [0.5, 0.6) is 0 Å². The number of aromatic nitrogens is 6. The largest absolute Gasteiger partial charge is 0.365 e. The van der Waals surface area contributed by atoms with Crippen molar-refractivity contribution in [2.24, 2.45) is 16.0 Å². The predicted octanol–water partition coefficient (Wildman–Crippen LogP) is 2.63. The molecule has 0 radical (unpaired) electrons. The van der Waals surface area contributed by atoms with Gasteiger partial charge < -0.3 is 21.7 Å². The van der Waals surface area contributed by atoms with Crippen LogP contribution < -0.4 is 21.7 Å². The maximum atomic E-state index is 13.1. The minimum absolute atomic E-state index is 0.00220. The molecule has 306 valence electrons. The van der Waals surface area contributed by atoms with Gasteiger partial charge in [-0.25, -0.2) is 0 Å². The van der Waals surface area contributed by atoms with Gasteiger partial charge in [0.15, 0.2) is 6.04 Å². The fourth-order valence-electron chi connectivity index (χ4n) is 5.02. The Bertz CT molecular complexity index is 2810. The van der Waals surface area contributed by atoms with Gasteiger partial charge in [-0.15, -0.1) is 0 Å². The number of hydrogen-bond acceptors (Lipinski definition) is 20. The number of primary amides is 1. The van der Waals surface area contributed by atoms with Crippen molar-refractivity contribution >= 4 is 123 Å². The lowest BCUT2D eigenvalue weighted by Gasteiger charge is -2.29. The summed E-state index contributed by atoms with van der Waals surface area (Å²) in [5, 5.41) is 13.7. The summed E-state index contributed by atoms with van der Waals surface area (Å²) in [6.07, 6.45) is 0. The van der Waals surface area contributed by atoms with Crippen molar-refractivity contribution in [1.29, 1.82) is 0 Å². The second-order valence-electron chi connectivity index (χ2n) is 11.2. The molecule has 0 saturated heterocycles.